The molecule has 1 aromatic carbocycles. The minimum Gasteiger partial charge on any atom is -0.379 e. The van der Waals surface area contributed by atoms with E-state index in [-0.39, 0.29) is 18.6 Å². The van der Waals surface area contributed by atoms with Crippen molar-refractivity contribution in [2.45, 2.75) is 30.2 Å². The van der Waals surface area contributed by atoms with E-state index in [9.17, 15) is 26.4 Å². The van der Waals surface area contributed by atoms with Crippen LogP contribution in [0.25, 0.3) is 0 Å². The second-order valence-electron chi connectivity index (χ2n) is 4.95. The molecule has 0 saturated heterocycles. The molecular weight excluding hydrogens is 325 g/mol. The molecule has 1 aliphatic rings. The summed E-state index contributed by atoms with van der Waals surface area (Å²) in [4.78, 5) is 16.7. The number of nitrogens with one attached hydrogen (secondary N) is 1. The molecule has 0 unspecified atom stereocenters. The topological polar surface area (TPSA) is 98.5 Å². The first-order valence-electron chi connectivity index (χ1n) is 6.23. The van der Waals surface area contributed by atoms with Crippen molar-refractivity contribution in [1.29, 1.82) is 0 Å². The number of primary sulfonamides is 1. The fourth-order valence-corrected chi connectivity index (χ4v) is 3.21. The van der Waals surface area contributed by atoms with Crippen molar-refractivity contribution in [3.63, 3.8) is 0 Å². The number of alkyl halides is 3. The Kier molecular flexibility index (Phi) is 4.09. The normalized spacial score (nSPS) is 17.5. The van der Waals surface area contributed by atoms with E-state index in [1.807, 2.05) is 5.48 Å². The van der Waals surface area contributed by atoms with Crippen LogP contribution in [0.5, 0.6) is 5.75 Å². The van der Waals surface area contributed by atoms with Crippen LogP contribution in [-0.2, 0) is 21.0 Å². The van der Waals surface area contributed by atoms with E-state index in [1.54, 1.807) is 0 Å². The van der Waals surface area contributed by atoms with Gasteiger partial charge in [0.25, 0.3) is 5.91 Å². The van der Waals surface area contributed by atoms with Gasteiger partial charge in [0, 0.05) is 0 Å². The van der Waals surface area contributed by atoms with Crippen molar-refractivity contribution in [3.05, 3.63) is 29.8 Å². The van der Waals surface area contributed by atoms with Gasteiger partial charge in [-0.05, 0) is 43.5 Å². The van der Waals surface area contributed by atoms with Gasteiger partial charge in [-0.3, -0.25) is 4.79 Å². The first kappa shape index (κ1) is 16.6. The van der Waals surface area contributed by atoms with E-state index in [0.29, 0.717) is 6.42 Å². The van der Waals surface area contributed by atoms with Crippen LogP contribution < -0.4 is 15.5 Å². The van der Waals surface area contributed by atoms with Gasteiger partial charge in [0.2, 0.25) is 10.0 Å². The lowest BCUT2D eigenvalue weighted by atomic mass is 9.84. The maximum absolute atomic E-state index is 12.4. The van der Waals surface area contributed by atoms with Gasteiger partial charge >= 0.3 is 6.18 Å². The van der Waals surface area contributed by atoms with Gasteiger partial charge in [0.05, 0.1) is 5.56 Å². The molecule has 0 aliphatic heterocycles. The van der Waals surface area contributed by atoms with Crippen LogP contribution in [0.4, 0.5) is 13.2 Å². The zero-order chi connectivity index (χ0) is 16.6. The SMILES string of the molecule is NS(=O)(=O)C1(C(=O)NOc2ccc(C(F)(F)F)cc2)CCC1. The molecular formula is C12H13F3N2O4S. The Labute approximate surface area is 124 Å². The smallest absolute Gasteiger partial charge is 0.379 e. The van der Waals surface area contributed by atoms with E-state index >= 15 is 0 Å². The van der Waals surface area contributed by atoms with Crippen molar-refractivity contribution >= 4 is 15.9 Å². The van der Waals surface area contributed by atoms with Crippen LogP contribution in [-0.4, -0.2) is 19.1 Å². The number of halogens is 3. The predicted octanol–water partition coefficient (Wildman–Crippen LogP) is 1.33. The predicted molar refractivity (Wildman–Crippen MR) is 69.9 cm³/mol. The third-order valence-corrected chi connectivity index (χ3v) is 5.25. The number of amides is 1. The summed E-state index contributed by atoms with van der Waals surface area (Å²) in [5.41, 5.74) is 1.06. The highest BCUT2D eigenvalue weighted by Crippen LogP contribution is 2.38. The average molecular weight is 338 g/mol. The van der Waals surface area contributed by atoms with Crippen LogP contribution in [0.15, 0.2) is 24.3 Å². The van der Waals surface area contributed by atoms with Crippen LogP contribution in [0, 0.1) is 0 Å². The Balaban J connectivity index is 2.03. The zero-order valence-electron chi connectivity index (χ0n) is 11.2. The van der Waals surface area contributed by atoms with Gasteiger partial charge < -0.3 is 4.84 Å². The molecule has 6 nitrogen and oxygen atoms in total. The molecule has 10 heteroatoms. The van der Waals surface area contributed by atoms with E-state index in [0.717, 1.165) is 24.3 Å². The summed E-state index contributed by atoms with van der Waals surface area (Å²) in [5, 5.41) is 5.04. The number of nitrogens with two attached hydrogens (primary N) is 1. The fraction of sp³-hybridized carbons (Fsp3) is 0.417. The summed E-state index contributed by atoms with van der Waals surface area (Å²) in [6, 6.07) is 3.57. The standard InChI is InChI=1S/C12H13F3N2O4S/c13-12(14,15)8-2-4-9(5-3-8)21-17-10(18)11(6-1-7-11)22(16,19)20/h2-5H,1,6-7H2,(H,17,18)(H2,16,19,20). The second-order valence-corrected chi connectivity index (χ2v) is 6.82. The number of hydrogen-bond donors (Lipinski definition) is 2. The van der Waals surface area contributed by atoms with Gasteiger partial charge in [-0.2, -0.15) is 18.7 Å². The summed E-state index contributed by atoms with van der Waals surface area (Å²) in [5.74, 6) is -0.994. The first-order valence-corrected chi connectivity index (χ1v) is 7.78. The summed E-state index contributed by atoms with van der Waals surface area (Å²) in [6.07, 6.45) is -3.79. The van der Waals surface area contributed by atoms with Gasteiger partial charge in [-0.1, -0.05) is 0 Å². The van der Waals surface area contributed by atoms with Crippen LogP contribution in [0.3, 0.4) is 0 Å². The molecule has 3 N–H and O–H groups in total. The highest BCUT2D eigenvalue weighted by Gasteiger charge is 2.54. The highest BCUT2D eigenvalue weighted by molar-refractivity contribution is 7.91. The number of sulfonamides is 1. The number of rotatable bonds is 4. The molecule has 1 fully saturated rings. The monoisotopic (exact) mass is 338 g/mol. The minimum atomic E-state index is -4.48. The van der Waals surface area contributed by atoms with Crippen LogP contribution in [0.1, 0.15) is 24.8 Å². The second kappa shape index (κ2) is 5.43. The van der Waals surface area contributed by atoms with Crippen molar-refractivity contribution in [2.24, 2.45) is 5.14 Å². The third-order valence-electron chi connectivity index (χ3n) is 3.56. The summed E-state index contributed by atoms with van der Waals surface area (Å²) in [6.45, 7) is 0. The number of hydroxylamine groups is 1. The Hall–Kier alpha value is -1.81. The summed E-state index contributed by atoms with van der Waals surface area (Å²) >= 11 is 0. The van der Waals surface area contributed by atoms with Crippen LogP contribution in [0.2, 0.25) is 0 Å². The van der Waals surface area contributed by atoms with Gasteiger partial charge in [-0.15, -0.1) is 0 Å². The largest absolute Gasteiger partial charge is 0.416 e. The molecule has 0 atom stereocenters. The Morgan fingerprint density at radius 2 is 1.77 bits per heavy atom. The molecule has 0 radical (unpaired) electrons. The highest BCUT2D eigenvalue weighted by atomic mass is 32.2. The number of hydrogen-bond acceptors (Lipinski definition) is 4. The number of carbonyl (C=O) groups excluding carboxylic acids is 1. The summed E-state index contributed by atoms with van der Waals surface area (Å²) < 4.78 is 58.4. The quantitative estimate of drug-likeness (QED) is 0.809. The van der Waals surface area contributed by atoms with Crippen LogP contribution >= 0.6 is 0 Å². The minimum absolute atomic E-state index is 0.0646. The number of benzene rings is 1. The van der Waals surface area contributed by atoms with E-state index in [4.69, 9.17) is 9.98 Å². The molecule has 1 aliphatic carbocycles. The first-order chi connectivity index (χ1) is 10.1. The molecule has 0 bridgehead atoms. The molecule has 0 spiro atoms. The number of carbonyl (C=O) groups is 1. The Morgan fingerprint density at radius 3 is 2.14 bits per heavy atom. The maximum atomic E-state index is 12.4. The molecule has 122 valence electrons. The van der Waals surface area contributed by atoms with Gasteiger partial charge in [0.1, 0.15) is 0 Å². The van der Waals surface area contributed by atoms with E-state index in [1.165, 1.54) is 0 Å². The van der Waals surface area contributed by atoms with Crippen molar-refractivity contribution in [1.82, 2.24) is 5.48 Å². The molecule has 1 amide bonds. The van der Waals surface area contributed by atoms with Gasteiger partial charge in [0.15, 0.2) is 10.5 Å². The lowest BCUT2D eigenvalue weighted by Crippen LogP contribution is -2.59. The Bertz CT molecular complexity index is 667. The Morgan fingerprint density at radius 1 is 1.23 bits per heavy atom. The molecule has 22 heavy (non-hydrogen) atoms. The maximum Gasteiger partial charge on any atom is 0.416 e. The molecule has 1 saturated carbocycles. The van der Waals surface area contributed by atoms with E-state index < -0.39 is 32.4 Å². The molecule has 0 heterocycles. The summed E-state index contributed by atoms with van der Waals surface area (Å²) in [7, 11) is -4.10. The van der Waals surface area contributed by atoms with Crippen molar-refractivity contribution < 1.29 is 31.2 Å². The van der Waals surface area contributed by atoms with Crippen molar-refractivity contribution in [2.75, 3.05) is 0 Å². The van der Waals surface area contributed by atoms with E-state index in [2.05, 4.69) is 0 Å². The fourth-order valence-electron chi connectivity index (χ4n) is 2.05. The molecule has 0 aromatic heterocycles. The average Bonchev–Trinajstić information content (AvgIpc) is 2.32. The van der Waals surface area contributed by atoms with Crippen molar-refractivity contribution in [3.8, 4) is 5.75 Å². The van der Waals surface area contributed by atoms with Gasteiger partial charge in [-0.25, -0.2) is 13.6 Å². The zero-order valence-corrected chi connectivity index (χ0v) is 12.0. The lowest BCUT2D eigenvalue weighted by Gasteiger charge is -2.36. The molecule has 2 rings (SSSR count). The lowest BCUT2D eigenvalue weighted by molar-refractivity contribution is -0.137. The third kappa shape index (κ3) is 3.02. The molecule has 1 aromatic rings.